The molecule has 1 aromatic rings. The fourth-order valence-electron chi connectivity index (χ4n) is 0.935. The predicted molar refractivity (Wildman–Crippen MR) is 79.1 cm³/mol. The maximum absolute atomic E-state index is 11.8. The summed E-state index contributed by atoms with van der Waals surface area (Å²) in [5, 5.41) is 0. The van der Waals surface area contributed by atoms with Gasteiger partial charge in [0.2, 0.25) is 0 Å². The Labute approximate surface area is 121 Å². The van der Waals surface area contributed by atoms with E-state index in [0.717, 1.165) is 5.56 Å². The van der Waals surface area contributed by atoms with Gasteiger partial charge in [0.15, 0.2) is 1.26 Å². The second-order valence-electron chi connectivity index (χ2n) is 3.02. The molecule has 0 saturated carbocycles. The van der Waals surface area contributed by atoms with Crippen LogP contribution < -0.4 is 0 Å². The van der Waals surface area contributed by atoms with Crippen molar-refractivity contribution in [2.45, 2.75) is 13.1 Å². The summed E-state index contributed by atoms with van der Waals surface area (Å²) in [6.45, 7) is 1.80. The zero-order valence-electron chi connectivity index (χ0n) is 8.09. The highest BCUT2D eigenvalue weighted by atomic mass is 127. The Bertz CT molecular complexity index is 573. The first-order chi connectivity index (χ1) is 7.19. The quantitative estimate of drug-likeness (QED) is 0.374. The van der Waals surface area contributed by atoms with E-state index in [2.05, 4.69) is 0 Å². The molecule has 0 fully saturated rings. The molecule has 0 bridgehead atoms. The first-order valence-electron chi connectivity index (χ1n) is 4.03. The molecule has 0 saturated heterocycles. The molecule has 8 heteroatoms. The van der Waals surface area contributed by atoms with Gasteiger partial charge in [-0.25, -0.2) is 16.8 Å². The third-order valence-electron chi connectivity index (χ3n) is 1.83. The standard InChI is InChI=1S/C8H8I2O4S2/c1-6-2-4-7(5-3-6)15(11,12)16(13,14)8(9)10/h2-5,8H,1H3. The number of halogens is 2. The minimum atomic E-state index is -4.30. The normalized spacial score (nSPS) is 13.0. The largest absolute Gasteiger partial charge is 0.283 e. The molecule has 0 unspecified atom stereocenters. The molecule has 16 heavy (non-hydrogen) atoms. The maximum Gasteiger partial charge on any atom is 0.283 e. The Morgan fingerprint density at radius 1 is 1.00 bits per heavy atom. The van der Waals surface area contributed by atoms with Crippen molar-refractivity contribution in [3.05, 3.63) is 29.8 Å². The van der Waals surface area contributed by atoms with Gasteiger partial charge in [0.25, 0.3) is 17.7 Å². The topological polar surface area (TPSA) is 68.3 Å². The van der Waals surface area contributed by atoms with Crippen molar-refractivity contribution in [1.82, 2.24) is 0 Å². The van der Waals surface area contributed by atoms with E-state index in [-0.39, 0.29) is 4.90 Å². The van der Waals surface area contributed by atoms with Crippen molar-refractivity contribution in [3.8, 4) is 0 Å². The predicted octanol–water partition coefficient (Wildman–Crippen LogP) is 2.25. The number of alkyl halides is 2. The lowest BCUT2D eigenvalue weighted by molar-refractivity contribution is 0.585. The van der Waals surface area contributed by atoms with Gasteiger partial charge >= 0.3 is 0 Å². The molecule has 1 rings (SSSR count). The molecule has 0 spiro atoms. The van der Waals surface area contributed by atoms with E-state index in [4.69, 9.17) is 0 Å². The average Bonchev–Trinajstić information content (AvgIpc) is 2.17. The fraction of sp³-hybridized carbons (Fsp3) is 0.250. The number of benzene rings is 1. The van der Waals surface area contributed by atoms with Gasteiger partial charge in [-0.15, -0.1) is 0 Å². The van der Waals surface area contributed by atoms with Crippen LogP contribution in [0.5, 0.6) is 0 Å². The van der Waals surface area contributed by atoms with E-state index >= 15 is 0 Å². The van der Waals surface area contributed by atoms with Gasteiger partial charge < -0.3 is 0 Å². The van der Waals surface area contributed by atoms with Crippen molar-refractivity contribution < 1.29 is 16.8 Å². The van der Waals surface area contributed by atoms with Crippen molar-refractivity contribution >= 4 is 62.9 Å². The maximum atomic E-state index is 11.8. The minimum Gasteiger partial charge on any atom is -0.210 e. The van der Waals surface area contributed by atoms with Crippen molar-refractivity contribution in [1.29, 1.82) is 0 Å². The Morgan fingerprint density at radius 3 is 1.81 bits per heavy atom. The number of hydrogen-bond acceptors (Lipinski definition) is 4. The van der Waals surface area contributed by atoms with E-state index in [1.54, 1.807) is 64.2 Å². The lowest BCUT2D eigenvalue weighted by Gasteiger charge is -2.07. The third-order valence-corrected chi connectivity index (χ3v) is 12.8. The van der Waals surface area contributed by atoms with Gasteiger partial charge in [0, 0.05) is 0 Å². The van der Waals surface area contributed by atoms with Crippen LogP contribution in [-0.4, -0.2) is 18.1 Å². The van der Waals surface area contributed by atoms with Gasteiger partial charge in [0.05, 0.1) is 4.90 Å². The van der Waals surface area contributed by atoms with E-state index in [1.165, 1.54) is 12.1 Å². The summed E-state index contributed by atoms with van der Waals surface area (Å²) in [5.74, 6) is 0. The summed E-state index contributed by atoms with van der Waals surface area (Å²) in [7, 11) is -8.49. The van der Waals surface area contributed by atoms with Crippen LogP contribution in [0.3, 0.4) is 0 Å². The van der Waals surface area contributed by atoms with Gasteiger partial charge in [-0.05, 0) is 19.1 Å². The first kappa shape index (κ1) is 14.6. The SMILES string of the molecule is Cc1ccc(S(=O)(=O)S(=O)(=O)C(I)I)cc1. The molecular formula is C8H8I2O4S2. The summed E-state index contributed by atoms with van der Waals surface area (Å²) in [4.78, 5) is -0.184. The molecule has 0 aliphatic heterocycles. The van der Waals surface area contributed by atoms with Gasteiger partial charge in [-0.3, -0.25) is 0 Å². The molecule has 0 aliphatic rings. The van der Waals surface area contributed by atoms with Crippen LogP contribution in [0.2, 0.25) is 0 Å². The molecular weight excluding hydrogens is 478 g/mol. The summed E-state index contributed by atoms with van der Waals surface area (Å²) in [6, 6.07) is 5.74. The Hall–Kier alpha value is 0.580. The lowest BCUT2D eigenvalue weighted by atomic mass is 10.2. The van der Waals surface area contributed by atoms with Crippen molar-refractivity contribution in [3.63, 3.8) is 0 Å². The van der Waals surface area contributed by atoms with Crippen LogP contribution in [0.4, 0.5) is 0 Å². The molecule has 0 N–H and O–H groups in total. The van der Waals surface area contributed by atoms with Gasteiger partial charge in [-0.1, -0.05) is 62.9 Å². The van der Waals surface area contributed by atoms with E-state index in [1.807, 2.05) is 0 Å². The average molecular weight is 486 g/mol. The monoisotopic (exact) mass is 486 g/mol. The fourth-order valence-corrected chi connectivity index (χ4v) is 8.50. The highest BCUT2D eigenvalue weighted by molar-refractivity contribution is 14.2. The van der Waals surface area contributed by atoms with Crippen LogP contribution in [0, 0.1) is 6.92 Å². The Kier molecular flexibility index (Phi) is 4.63. The lowest BCUT2D eigenvalue weighted by Crippen LogP contribution is -2.20. The molecule has 4 nitrogen and oxygen atoms in total. The smallest absolute Gasteiger partial charge is 0.210 e. The highest BCUT2D eigenvalue weighted by Crippen LogP contribution is 2.28. The van der Waals surface area contributed by atoms with Crippen molar-refractivity contribution in [2.24, 2.45) is 0 Å². The number of hydrogen-bond donors (Lipinski definition) is 0. The molecule has 1 aromatic carbocycles. The van der Waals surface area contributed by atoms with Gasteiger partial charge in [0.1, 0.15) is 0 Å². The van der Waals surface area contributed by atoms with E-state index in [9.17, 15) is 16.8 Å². The summed E-state index contributed by atoms with van der Waals surface area (Å²) < 4.78 is 45.9. The molecule has 0 radical (unpaired) electrons. The second kappa shape index (κ2) is 5.06. The Balaban J connectivity index is 3.40. The third kappa shape index (κ3) is 2.70. The molecule has 0 heterocycles. The van der Waals surface area contributed by atoms with E-state index in [0.29, 0.717) is 0 Å². The number of rotatable bonds is 3. The molecule has 0 atom stereocenters. The van der Waals surface area contributed by atoms with Crippen LogP contribution in [-0.2, 0) is 17.7 Å². The van der Waals surface area contributed by atoms with Crippen LogP contribution in [0.25, 0.3) is 0 Å². The summed E-state index contributed by atoms with van der Waals surface area (Å²) >= 11 is 3.13. The molecule has 0 aliphatic carbocycles. The van der Waals surface area contributed by atoms with Crippen LogP contribution >= 0.6 is 45.2 Å². The highest BCUT2D eigenvalue weighted by Gasteiger charge is 2.36. The molecule has 0 amide bonds. The second-order valence-corrected chi connectivity index (χ2v) is 15.1. The van der Waals surface area contributed by atoms with Crippen LogP contribution in [0.1, 0.15) is 5.56 Å². The summed E-state index contributed by atoms with van der Waals surface area (Å²) in [5.41, 5.74) is 0.872. The van der Waals surface area contributed by atoms with E-state index < -0.39 is 19.0 Å². The zero-order valence-corrected chi connectivity index (χ0v) is 14.0. The minimum absolute atomic E-state index is 0.184. The zero-order chi connectivity index (χ0) is 12.6. The van der Waals surface area contributed by atoms with Crippen molar-refractivity contribution in [2.75, 3.05) is 0 Å². The summed E-state index contributed by atoms with van der Waals surface area (Å²) in [6.07, 6.45) is 0. The molecule has 0 aromatic heterocycles. The first-order valence-corrected chi connectivity index (χ1v) is 10.1. The van der Waals surface area contributed by atoms with Crippen LogP contribution in [0.15, 0.2) is 29.2 Å². The Morgan fingerprint density at radius 2 is 1.44 bits per heavy atom. The van der Waals surface area contributed by atoms with Gasteiger partial charge in [-0.2, -0.15) is 0 Å². The molecule has 90 valence electrons. The number of aryl methyl sites for hydroxylation is 1.